The third kappa shape index (κ3) is 14.8. The second-order valence-electron chi connectivity index (χ2n) is 20.6. The predicted molar refractivity (Wildman–Crippen MR) is 322 cm³/mol. The Morgan fingerprint density at radius 3 is 0.838 bits per heavy atom. The first-order chi connectivity index (χ1) is 36.3. The highest BCUT2D eigenvalue weighted by atomic mass is 31.1. The van der Waals surface area contributed by atoms with Crippen LogP contribution >= 0.6 is 15.8 Å². The molecular formula is C68H80O4P2. The zero-order valence-corrected chi connectivity index (χ0v) is 46.0. The second kappa shape index (κ2) is 28.3. The molecule has 74 heavy (non-hydrogen) atoms. The standard InChI is InChI=1S/C68H80O4P2/c1-3-5-7-9-11-13-15-17-19-21-23-51-25-45-63-53(49-51)27-47-65(73(59-37-29-55(69)30-38-59)60-39-31-56(70)32-40-60)67(63)68-64-46-26-52(24-22-20-18-16-14-12-10-8-6-4-2)50-54(64)28-48-66(68)74(61-41-33-57(71)34-42-61)62-43-35-58(72)36-44-62/h25-50,69-72H,3-24H2,1-2H3. The number of aromatic hydroxyl groups is 4. The first kappa shape index (κ1) is 54.6. The van der Waals surface area contributed by atoms with Gasteiger partial charge in [-0.1, -0.05) is 239 Å². The molecule has 0 aliphatic heterocycles. The third-order valence-electron chi connectivity index (χ3n) is 14.9. The van der Waals surface area contributed by atoms with Crippen LogP contribution in [0.4, 0.5) is 0 Å². The molecule has 8 rings (SSSR count). The van der Waals surface area contributed by atoms with Gasteiger partial charge in [-0.05, 0) is 166 Å². The zero-order chi connectivity index (χ0) is 51.5. The third-order valence-corrected chi connectivity index (χ3v) is 19.9. The Morgan fingerprint density at radius 1 is 0.284 bits per heavy atom. The van der Waals surface area contributed by atoms with Crippen LogP contribution in [0.3, 0.4) is 0 Å². The molecule has 0 atom stereocenters. The smallest absolute Gasteiger partial charge is 0.115 e. The van der Waals surface area contributed by atoms with Crippen LogP contribution in [-0.2, 0) is 12.8 Å². The molecule has 0 saturated heterocycles. The molecular weight excluding hydrogens is 943 g/mol. The van der Waals surface area contributed by atoms with Gasteiger partial charge in [0.2, 0.25) is 0 Å². The average molecular weight is 1020 g/mol. The molecule has 4 N–H and O–H groups in total. The SMILES string of the molecule is CCCCCCCCCCCCc1ccc2c(-c3c(P(c4ccc(O)cc4)c4ccc(O)cc4)ccc4cc(CCCCCCCCCCCC)ccc34)c(P(c3ccc(O)cc3)c3ccc(O)cc3)ccc2c1. The predicted octanol–water partition coefficient (Wildman–Crippen LogP) is 16.9. The Balaban J connectivity index is 1.26. The number of fused-ring (bicyclic) bond motifs is 2. The van der Waals surface area contributed by atoms with Gasteiger partial charge in [0.05, 0.1) is 0 Å². The molecule has 0 spiro atoms. The molecule has 6 heteroatoms. The Labute approximate surface area is 445 Å². The van der Waals surface area contributed by atoms with E-state index >= 15 is 0 Å². The van der Waals surface area contributed by atoms with E-state index in [1.807, 2.05) is 0 Å². The number of hydrogen-bond acceptors (Lipinski definition) is 4. The van der Waals surface area contributed by atoms with Crippen molar-refractivity contribution in [3.8, 4) is 34.1 Å². The molecule has 0 radical (unpaired) electrons. The summed E-state index contributed by atoms with van der Waals surface area (Å²) >= 11 is 0. The summed E-state index contributed by atoms with van der Waals surface area (Å²) in [7, 11) is -2.46. The molecule has 4 nitrogen and oxygen atoms in total. The minimum absolute atomic E-state index is 0.224. The number of unbranched alkanes of at least 4 members (excludes halogenated alkanes) is 18. The molecule has 0 aromatic heterocycles. The van der Waals surface area contributed by atoms with Crippen molar-refractivity contribution in [2.75, 3.05) is 0 Å². The van der Waals surface area contributed by atoms with Crippen LogP contribution in [-0.4, -0.2) is 20.4 Å². The van der Waals surface area contributed by atoms with E-state index in [1.165, 1.54) is 183 Å². The molecule has 8 aromatic rings. The number of aryl methyl sites for hydroxylation is 2. The van der Waals surface area contributed by atoms with E-state index in [4.69, 9.17) is 0 Å². The summed E-state index contributed by atoms with van der Waals surface area (Å²) in [5.74, 6) is 0.894. The van der Waals surface area contributed by atoms with Crippen molar-refractivity contribution in [3.63, 3.8) is 0 Å². The van der Waals surface area contributed by atoms with Crippen LogP contribution in [0.1, 0.15) is 153 Å². The van der Waals surface area contributed by atoms with Crippen LogP contribution in [0.15, 0.2) is 158 Å². The lowest BCUT2D eigenvalue weighted by Gasteiger charge is -2.29. The van der Waals surface area contributed by atoms with E-state index in [0.29, 0.717) is 0 Å². The first-order valence-corrected chi connectivity index (χ1v) is 30.9. The number of phenols is 4. The van der Waals surface area contributed by atoms with Crippen LogP contribution < -0.4 is 31.8 Å². The van der Waals surface area contributed by atoms with Gasteiger partial charge in [0.15, 0.2) is 0 Å². The largest absolute Gasteiger partial charge is 0.508 e. The van der Waals surface area contributed by atoms with Gasteiger partial charge in [-0.15, -0.1) is 0 Å². The van der Waals surface area contributed by atoms with Crippen LogP contribution in [0, 0.1) is 0 Å². The van der Waals surface area contributed by atoms with Gasteiger partial charge in [0, 0.05) is 0 Å². The van der Waals surface area contributed by atoms with E-state index in [-0.39, 0.29) is 23.0 Å². The Morgan fingerprint density at radius 2 is 0.554 bits per heavy atom. The summed E-state index contributed by atoms with van der Waals surface area (Å²) in [4.78, 5) is 0. The van der Waals surface area contributed by atoms with Crippen molar-refractivity contribution < 1.29 is 20.4 Å². The number of rotatable bonds is 29. The van der Waals surface area contributed by atoms with Gasteiger partial charge in [-0.2, -0.15) is 0 Å². The summed E-state index contributed by atoms with van der Waals surface area (Å²) < 4.78 is 0. The van der Waals surface area contributed by atoms with Crippen molar-refractivity contribution in [2.24, 2.45) is 0 Å². The maximum Gasteiger partial charge on any atom is 0.115 e. The highest BCUT2D eigenvalue weighted by Gasteiger charge is 2.29. The highest BCUT2D eigenvalue weighted by molar-refractivity contribution is 7.80. The molecule has 0 aliphatic carbocycles. The topological polar surface area (TPSA) is 80.9 Å². The van der Waals surface area contributed by atoms with Gasteiger partial charge >= 0.3 is 0 Å². The molecule has 0 heterocycles. The lowest BCUT2D eigenvalue weighted by Crippen LogP contribution is -2.26. The first-order valence-electron chi connectivity index (χ1n) is 28.2. The van der Waals surface area contributed by atoms with Crippen LogP contribution in [0.5, 0.6) is 23.0 Å². The summed E-state index contributed by atoms with van der Waals surface area (Å²) in [6.45, 7) is 4.57. The molecule has 0 saturated carbocycles. The quantitative estimate of drug-likeness (QED) is 0.0278. The van der Waals surface area contributed by atoms with Crippen LogP contribution in [0.25, 0.3) is 32.7 Å². The molecule has 0 amide bonds. The molecule has 386 valence electrons. The second-order valence-corrected chi connectivity index (χ2v) is 25.0. The fourth-order valence-electron chi connectivity index (χ4n) is 10.8. The number of benzene rings is 8. The van der Waals surface area contributed by atoms with Gasteiger partial charge in [-0.3, -0.25) is 0 Å². The Bertz CT molecular complexity index is 2670. The molecule has 0 aliphatic rings. The maximum absolute atomic E-state index is 10.6. The van der Waals surface area contributed by atoms with Gasteiger partial charge in [0.1, 0.15) is 23.0 Å². The molecule has 0 unspecified atom stereocenters. The number of hydrogen-bond donors (Lipinski definition) is 4. The van der Waals surface area contributed by atoms with E-state index in [0.717, 1.165) is 34.1 Å². The number of phenolic OH excluding ortho intramolecular Hbond substituents is 4. The van der Waals surface area contributed by atoms with E-state index < -0.39 is 15.8 Å². The molecule has 0 fully saturated rings. The lowest BCUT2D eigenvalue weighted by atomic mass is 9.91. The molecule has 8 aromatic carbocycles. The van der Waals surface area contributed by atoms with E-state index in [9.17, 15) is 20.4 Å². The van der Waals surface area contributed by atoms with Crippen molar-refractivity contribution in [2.45, 2.75) is 155 Å². The van der Waals surface area contributed by atoms with E-state index in [1.54, 1.807) is 48.5 Å². The normalized spacial score (nSPS) is 11.7. The van der Waals surface area contributed by atoms with Crippen molar-refractivity contribution in [1.82, 2.24) is 0 Å². The summed E-state index contributed by atoms with van der Waals surface area (Å²) in [5.41, 5.74) is 5.10. The van der Waals surface area contributed by atoms with Gasteiger partial charge in [0.25, 0.3) is 0 Å². The van der Waals surface area contributed by atoms with Gasteiger partial charge in [-0.25, -0.2) is 0 Å². The summed E-state index contributed by atoms with van der Waals surface area (Å²) in [6, 6.07) is 54.5. The molecule has 0 bridgehead atoms. The van der Waals surface area contributed by atoms with Crippen LogP contribution in [0.2, 0.25) is 0 Å². The van der Waals surface area contributed by atoms with Gasteiger partial charge < -0.3 is 20.4 Å². The monoisotopic (exact) mass is 1020 g/mol. The fourth-order valence-corrected chi connectivity index (χ4v) is 15.7. The maximum atomic E-state index is 10.6. The summed E-state index contributed by atoms with van der Waals surface area (Å²) in [5, 5.41) is 54.1. The van der Waals surface area contributed by atoms with Crippen molar-refractivity contribution in [3.05, 3.63) is 169 Å². The average Bonchev–Trinajstić information content (AvgIpc) is 3.42. The Hall–Kier alpha value is -5.66. The fraction of sp³-hybridized carbons (Fsp3) is 0.353. The Kier molecular flexibility index (Phi) is 20.9. The minimum Gasteiger partial charge on any atom is -0.508 e. The zero-order valence-electron chi connectivity index (χ0n) is 44.3. The lowest BCUT2D eigenvalue weighted by molar-refractivity contribution is 0.475. The van der Waals surface area contributed by atoms with Crippen molar-refractivity contribution in [1.29, 1.82) is 0 Å². The summed E-state index contributed by atoms with van der Waals surface area (Å²) in [6.07, 6.45) is 28.4. The highest BCUT2D eigenvalue weighted by Crippen LogP contribution is 2.46. The van der Waals surface area contributed by atoms with E-state index in [2.05, 4.69) is 123 Å². The van der Waals surface area contributed by atoms with Crippen molar-refractivity contribution >= 4 is 69.2 Å². The minimum atomic E-state index is -1.23.